The second-order valence-corrected chi connectivity index (χ2v) is 5.57. The fourth-order valence-electron chi connectivity index (χ4n) is 1.88. The summed E-state index contributed by atoms with van der Waals surface area (Å²) < 4.78 is 1.79. The summed E-state index contributed by atoms with van der Waals surface area (Å²) in [5, 5.41) is 12.9. The molecule has 0 radical (unpaired) electrons. The molecule has 0 atom stereocenters. The van der Waals surface area contributed by atoms with Crippen molar-refractivity contribution in [1.29, 1.82) is 0 Å². The molecule has 0 aliphatic carbocycles. The van der Waals surface area contributed by atoms with Gasteiger partial charge in [0.1, 0.15) is 0 Å². The molecule has 0 unspecified atom stereocenters. The number of carboxylic acid groups (broad SMARTS) is 1. The van der Waals surface area contributed by atoms with E-state index < -0.39 is 5.97 Å². The van der Waals surface area contributed by atoms with Gasteiger partial charge in [-0.1, -0.05) is 0 Å². The normalized spacial score (nSPS) is 12.1. The predicted octanol–water partition coefficient (Wildman–Crippen LogP) is 1.54. The van der Waals surface area contributed by atoms with Gasteiger partial charge in [0.25, 0.3) is 0 Å². The lowest BCUT2D eigenvalue weighted by molar-refractivity contribution is -0.137. The number of hydrogen-bond donors (Lipinski definition) is 1. The van der Waals surface area contributed by atoms with Crippen LogP contribution in [0.15, 0.2) is 12.4 Å². The topological polar surface area (TPSA) is 58.4 Å². The Morgan fingerprint density at radius 1 is 1.44 bits per heavy atom. The lowest BCUT2D eigenvalue weighted by Gasteiger charge is -2.35. The Kier molecular flexibility index (Phi) is 4.90. The lowest BCUT2D eigenvalue weighted by atomic mass is 10.0. The molecule has 0 saturated carbocycles. The standard InChI is InChI=1S/C13H23N3O2/c1-13(2,3)16(8-6-12(17)18)7-5-11-9-14-15(4)10-11/h9-10H,5-8H2,1-4H3,(H,17,18). The number of rotatable bonds is 6. The van der Waals surface area contributed by atoms with Crippen molar-refractivity contribution in [2.75, 3.05) is 13.1 Å². The van der Waals surface area contributed by atoms with E-state index in [4.69, 9.17) is 5.11 Å². The van der Waals surface area contributed by atoms with Crippen molar-refractivity contribution in [3.63, 3.8) is 0 Å². The van der Waals surface area contributed by atoms with E-state index in [1.807, 2.05) is 19.4 Å². The van der Waals surface area contributed by atoms with Crippen LogP contribution >= 0.6 is 0 Å². The average Bonchev–Trinajstić information content (AvgIpc) is 2.61. The van der Waals surface area contributed by atoms with Crippen molar-refractivity contribution < 1.29 is 9.90 Å². The molecular weight excluding hydrogens is 230 g/mol. The van der Waals surface area contributed by atoms with Crippen LogP contribution in [0.25, 0.3) is 0 Å². The summed E-state index contributed by atoms with van der Waals surface area (Å²) in [5.74, 6) is -0.745. The molecule has 1 heterocycles. The molecule has 0 bridgehead atoms. The quantitative estimate of drug-likeness (QED) is 0.835. The highest BCUT2D eigenvalue weighted by Gasteiger charge is 2.21. The predicted molar refractivity (Wildman–Crippen MR) is 70.5 cm³/mol. The minimum atomic E-state index is -0.745. The zero-order chi connectivity index (χ0) is 13.8. The second kappa shape index (κ2) is 6.00. The summed E-state index contributed by atoms with van der Waals surface area (Å²) in [4.78, 5) is 12.9. The van der Waals surface area contributed by atoms with Crippen molar-refractivity contribution >= 4 is 5.97 Å². The van der Waals surface area contributed by atoms with Gasteiger partial charge in [-0.05, 0) is 32.8 Å². The van der Waals surface area contributed by atoms with E-state index >= 15 is 0 Å². The van der Waals surface area contributed by atoms with Crippen molar-refractivity contribution in [3.05, 3.63) is 18.0 Å². The van der Waals surface area contributed by atoms with Crippen LogP contribution in [0, 0.1) is 0 Å². The van der Waals surface area contributed by atoms with E-state index in [-0.39, 0.29) is 12.0 Å². The van der Waals surface area contributed by atoms with E-state index in [0.29, 0.717) is 6.54 Å². The first-order valence-electron chi connectivity index (χ1n) is 6.23. The Balaban J connectivity index is 2.53. The van der Waals surface area contributed by atoms with Gasteiger partial charge in [-0.25, -0.2) is 0 Å². The molecule has 0 aliphatic heterocycles. The average molecular weight is 253 g/mol. The van der Waals surface area contributed by atoms with Gasteiger partial charge in [0.15, 0.2) is 0 Å². The zero-order valence-electron chi connectivity index (χ0n) is 11.7. The minimum absolute atomic E-state index is 0.0162. The van der Waals surface area contributed by atoms with Crippen LogP contribution in [0.3, 0.4) is 0 Å². The summed E-state index contributed by atoms with van der Waals surface area (Å²) in [5.41, 5.74) is 1.17. The number of aromatic nitrogens is 2. The molecule has 1 aromatic rings. The SMILES string of the molecule is Cn1cc(CCN(CCC(=O)O)C(C)(C)C)cn1. The number of carboxylic acids is 1. The van der Waals surface area contributed by atoms with Gasteiger partial charge in [0.05, 0.1) is 12.6 Å². The van der Waals surface area contributed by atoms with Crippen LogP contribution in [-0.2, 0) is 18.3 Å². The number of hydrogen-bond acceptors (Lipinski definition) is 3. The Morgan fingerprint density at radius 3 is 2.56 bits per heavy atom. The molecule has 1 aromatic heterocycles. The Bertz CT molecular complexity index is 393. The van der Waals surface area contributed by atoms with Crippen molar-refractivity contribution in [1.82, 2.24) is 14.7 Å². The molecule has 0 saturated heterocycles. The van der Waals surface area contributed by atoms with Crippen LogP contribution in [0.4, 0.5) is 0 Å². The van der Waals surface area contributed by atoms with Crippen LogP contribution < -0.4 is 0 Å². The molecule has 1 N–H and O–H groups in total. The molecule has 5 heteroatoms. The van der Waals surface area contributed by atoms with Gasteiger partial charge in [-0.15, -0.1) is 0 Å². The highest BCUT2D eigenvalue weighted by atomic mass is 16.4. The summed E-state index contributed by atoms with van der Waals surface area (Å²) in [6, 6.07) is 0. The molecule has 0 fully saturated rings. The first-order valence-corrected chi connectivity index (χ1v) is 6.23. The van der Waals surface area contributed by atoms with E-state index in [2.05, 4.69) is 30.8 Å². The van der Waals surface area contributed by atoms with Gasteiger partial charge in [-0.3, -0.25) is 14.4 Å². The lowest BCUT2D eigenvalue weighted by Crippen LogP contribution is -2.43. The van der Waals surface area contributed by atoms with E-state index in [1.165, 1.54) is 5.56 Å². The molecule has 0 aromatic carbocycles. The summed E-state index contributed by atoms with van der Waals surface area (Å²) in [6.45, 7) is 7.76. The smallest absolute Gasteiger partial charge is 0.304 e. The van der Waals surface area contributed by atoms with Crippen molar-refractivity contribution in [3.8, 4) is 0 Å². The van der Waals surface area contributed by atoms with E-state index in [9.17, 15) is 4.79 Å². The maximum atomic E-state index is 10.7. The second-order valence-electron chi connectivity index (χ2n) is 5.57. The number of nitrogens with zero attached hydrogens (tertiary/aromatic N) is 3. The van der Waals surface area contributed by atoms with Crippen LogP contribution in [0.1, 0.15) is 32.8 Å². The first kappa shape index (κ1) is 14.7. The molecule has 0 spiro atoms. The third-order valence-electron chi connectivity index (χ3n) is 2.97. The number of carbonyl (C=O) groups is 1. The number of aliphatic carboxylic acids is 1. The molecular formula is C13H23N3O2. The summed E-state index contributed by atoms with van der Waals surface area (Å²) in [6.07, 6.45) is 4.94. The van der Waals surface area contributed by atoms with Gasteiger partial charge < -0.3 is 5.11 Å². The Labute approximate surface area is 108 Å². The largest absolute Gasteiger partial charge is 0.481 e. The van der Waals surface area contributed by atoms with Gasteiger partial charge >= 0.3 is 5.97 Å². The maximum Gasteiger partial charge on any atom is 0.304 e. The highest BCUT2D eigenvalue weighted by molar-refractivity contribution is 5.66. The molecule has 0 aliphatic rings. The minimum Gasteiger partial charge on any atom is -0.481 e. The summed E-state index contributed by atoms with van der Waals surface area (Å²) >= 11 is 0. The van der Waals surface area contributed by atoms with Crippen LogP contribution in [-0.4, -0.2) is 44.4 Å². The molecule has 102 valence electrons. The van der Waals surface area contributed by atoms with Crippen LogP contribution in [0.2, 0.25) is 0 Å². The third kappa shape index (κ3) is 4.87. The fraction of sp³-hybridized carbons (Fsp3) is 0.692. The fourth-order valence-corrected chi connectivity index (χ4v) is 1.88. The third-order valence-corrected chi connectivity index (χ3v) is 2.97. The van der Waals surface area contributed by atoms with Crippen LogP contribution in [0.5, 0.6) is 0 Å². The molecule has 5 nitrogen and oxygen atoms in total. The van der Waals surface area contributed by atoms with E-state index in [0.717, 1.165) is 13.0 Å². The molecule has 1 rings (SSSR count). The highest BCUT2D eigenvalue weighted by Crippen LogP contribution is 2.14. The maximum absolute atomic E-state index is 10.7. The van der Waals surface area contributed by atoms with E-state index in [1.54, 1.807) is 4.68 Å². The first-order chi connectivity index (χ1) is 8.29. The van der Waals surface area contributed by atoms with Gasteiger partial charge in [-0.2, -0.15) is 5.10 Å². The Morgan fingerprint density at radius 2 is 2.11 bits per heavy atom. The van der Waals surface area contributed by atoms with Crippen molar-refractivity contribution in [2.45, 2.75) is 39.2 Å². The number of aryl methyl sites for hydroxylation is 1. The van der Waals surface area contributed by atoms with Gasteiger partial charge in [0.2, 0.25) is 0 Å². The zero-order valence-corrected chi connectivity index (χ0v) is 11.7. The van der Waals surface area contributed by atoms with Gasteiger partial charge in [0, 0.05) is 31.9 Å². The monoisotopic (exact) mass is 253 g/mol. The molecule has 18 heavy (non-hydrogen) atoms. The molecule has 0 amide bonds. The Hall–Kier alpha value is -1.36. The van der Waals surface area contributed by atoms with Crippen molar-refractivity contribution in [2.24, 2.45) is 7.05 Å². The summed E-state index contributed by atoms with van der Waals surface area (Å²) in [7, 11) is 1.90.